The van der Waals surface area contributed by atoms with E-state index in [1.165, 1.54) is 0 Å². The molecule has 1 heterocycles. The lowest BCUT2D eigenvalue weighted by molar-refractivity contribution is 0.399. The Morgan fingerprint density at radius 2 is 2.36 bits per heavy atom. The van der Waals surface area contributed by atoms with E-state index < -0.39 is 0 Å². The van der Waals surface area contributed by atoms with Crippen LogP contribution in [0.5, 0.6) is 5.88 Å². The number of rotatable bonds is 2. The number of nitrogens with one attached hydrogen (secondary N) is 1. The van der Waals surface area contributed by atoms with Crippen LogP contribution in [0.2, 0.25) is 0 Å². The van der Waals surface area contributed by atoms with E-state index in [9.17, 15) is 0 Å². The van der Waals surface area contributed by atoms with Gasteiger partial charge in [0, 0.05) is 18.8 Å². The summed E-state index contributed by atoms with van der Waals surface area (Å²) in [5.41, 5.74) is 0.848. The summed E-state index contributed by atoms with van der Waals surface area (Å²) in [7, 11) is 5.22. The van der Waals surface area contributed by atoms with E-state index >= 15 is 0 Å². The highest BCUT2D eigenvalue weighted by atomic mass is 16.5. The number of hydrogen-bond donors (Lipinski definition) is 1. The average Bonchev–Trinajstić information content (AvgIpc) is 2.04. The molecular weight excluding hydrogens is 141 g/mol. The number of aromatic nitrogens is 2. The quantitative estimate of drug-likeness (QED) is 0.538. The van der Waals surface area contributed by atoms with Crippen molar-refractivity contribution < 1.29 is 4.74 Å². The molecule has 0 aliphatic heterocycles. The minimum absolute atomic E-state index is 0.535. The Balaban J connectivity index is 3.06. The SMILES string of the molecule is Bc1cnc(NC)c(OC)n1. The van der Waals surface area contributed by atoms with E-state index in [2.05, 4.69) is 15.3 Å². The minimum atomic E-state index is 0.535. The van der Waals surface area contributed by atoms with Gasteiger partial charge < -0.3 is 10.1 Å². The Kier molecular flexibility index (Phi) is 2.30. The maximum atomic E-state index is 4.98. The Morgan fingerprint density at radius 3 is 2.91 bits per heavy atom. The van der Waals surface area contributed by atoms with E-state index in [1.807, 2.05) is 7.85 Å². The van der Waals surface area contributed by atoms with Crippen LogP contribution in [0.1, 0.15) is 0 Å². The second-order valence-corrected chi connectivity index (χ2v) is 2.12. The van der Waals surface area contributed by atoms with Gasteiger partial charge in [0.05, 0.1) is 7.11 Å². The molecule has 0 saturated carbocycles. The van der Waals surface area contributed by atoms with Crippen LogP contribution >= 0.6 is 0 Å². The van der Waals surface area contributed by atoms with Crippen LogP contribution in [0.4, 0.5) is 5.82 Å². The fourth-order valence-electron chi connectivity index (χ4n) is 0.769. The van der Waals surface area contributed by atoms with Gasteiger partial charge in [-0.15, -0.1) is 0 Å². The summed E-state index contributed by atoms with van der Waals surface area (Å²) >= 11 is 0. The average molecular weight is 151 g/mol. The van der Waals surface area contributed by atoms with Gasteiger partial charge >= 0.3 is 0 Å². The van der Waals surface area contributed by atoms with E-state index in [0.29, 0.717) is 11.7 Å². The monoisotopic (exact) mass is 151 g/mol. The van der Waals surface area contributed by atoms with Gasteiger partial charge in [-0.2, -0.15) is 0 Å². The molecule has 1 aromatic rings. The zero-order chi connectivity index (χ0) is 8.27. The van der Waals surface area contributed by atoms with Gasteiger partial charge in [-0.3, -0.25) is 0 Å². The lowest BCUT2D eigenvalue weighted by atomic mass is 10.1. The van der Waals surface area contributed by atoms with Crippen molar-refractivity contribution in [2.75, 3.05) is 19.5 Å². The summed E-state index contributed by atoms with van der Waals surface area (Å²) in [4.78, 5) is 8.18. The van der Waals surface area contributed by atoms with Crippen LogP contribution in [-0.4, -0.2) is 32.0 Å². The molecule has 1 aromatic heterocycles. The van der Waals surface area contributed by atoms with Gasteiger partial charge in [0.2, 0.25) is 0 Å². The molecule has 0 saturated heterocycles. The lowest BCUT2D eigenvalue weighted by Crippen LogP contribution is -2.12. The molecule has 0 atom stereocenters. The fourth-order valence-corrected chi connectivity index (χ4v) is 0.769. The first-order valence-electron chi connectivity index (χ1n) is 3.33. The van der Waals surface area contributed by atoms with Gasteiger partial charge in [0.1, 0.15) is 0 Å². The number of anilines is 1. The molecule has 58 valence electrons. The third-order valence-electron chi connectivity index (χ3n) is 1.29. The first kappa shape index (κ1) is 7.85. The Bertz CT molecular complexity index is 254. The number of hydrogen-bond acceptors (Lipinski definition) is 4. The highest BCUT2D eigenvalue weighted by Crippen LogP contribution is 2.13. The fraction of sp³-hybridized carbons (Fsp3) is 0.333. The van der Waals surface area contributed by atoms with E-state index in [-0.39, 0.29) is 0 Å². The molecular formula is C6H10BN3O. The number of ether oxygens (including phenoxy) is 1. The Morgan fingerprint density at radius 1 is 1.64 bits per heavy atom. The largest absolute Gasteiger partial charge is 0.478 e. The van der Waals surface area contributed by atoms with Crippen molar-refractivity contribution in [3.05, 3.63) is 6.20 Å². The molecule has 0 aromatic carbocycles. The first-order valence-corrected chi connectivity index (χ1v) is 3.33. The van der Waals surface area contributed by atoms with Crippen molar-refractivity contribution in [2.24, 2.45) is 0 Å². The molecule has 0 amide bonds. The summed E-state index contributed by atoms with van der Waals surface area (Å²) in [5, 5.41) is 2.88. The maximum Gasteiger partial charge on any atom is 0.256 e. The van der Waals surface area contributed by atoms with Gasteiger partial charge in [-0.05, 0) is 0 Å². The van der Waals surface area contributed by atoms with E-state index in [0.717, 1.165) is 5.59 Å². The smallest absolute Gasteiger partial charge is 0.256 e. The molecule has 0 aliphatic rings. The summed E-state index contributed by atoms with van der Waals surface area (Å²) in [5.74, 6) is 1.20. The van der Waals surface area contributed by atoms with Crippen LogP contribution in [0.25, 0.3) is 0 Å². The topological polar surface area (TPSA) is 47.0 Å². The molecule has 0 radical (unpaired) electrons. The molecule has 0 fully saturated rings. The molecule has 0 unspecified atom stereocenters. The van der Waals surface area contributed by atoms with E-state index in [4.69, 9.17) is 4.74 Å². The van der Waals surface area contributed by atoms with Crippen molar-refractivity contribution in [1.29, 1.82) is 0 Å². The predicted octanol–water partition coefficient (Wildman–Crippen LogP) is -1.21. The summed E-state index contributed by atoms with van der Waals surface area (Å²) < 4.78 is 4.98. The van der Waals surface area contributed by atoms with Crippen LogP contribution in [0.3, 0.4) is 0 Å². The zero-order valence-corrected chi connectivity index (χ0v) is 6.88. The van der Waals surface area contributed by atoms with Crippen LogP contribution in [-0.2, 0) is 0 Å². The zero-order valence-electron chi connectivity index (χ0n) is 6.88. The number of methoxy groups -OCH3 is 1. The van der Waals surface area contributed by atoms with Crippen LogP contribution < -0.4 is 15.6 Å². The lowest BCUT2D eigenvalue weighted by Gasteiger charge is -2.05. The summed E-state index contributed by atoms with van der Waals surface area (Å²) in [6.45, 7) is 0. The van der Waals surface area contributed by atoms with Crippen molar-refractivity contribution in [3.8, 4) is 5.88 Å². The van der Waals surface area contributed by atoms with Crippen LogP contribution in [0, 0.1) is 0 Å². The third-order valence-corrected chi connectivity index (χ3v) is 1.29. The minimum Gasteiger partial charge on any atom is -0.478 e. The van der Waals surface area contributed by atoms with Crippen LogP contribution in [0.15, 0.2) is 6.20 Å². The molecule has 1 rings (SSSR count). The molecule has 1 N–H and O–H groups in total. The number of nitrogens with zero attached hydrogens (tertiary/aromatic N) is 2. The van der Waals surface area contributed by atoms with Crippen molar-refractivity contribution in [3.63, 3.8) is 0 Å². The molecule has 0 bridgehead atoms. The second kappa shape index (κ2) is 3.23. The second-order valence-electron chi connectivity index (χ2n) is 2.12. The highest BCUT2D eigenvalue weighted by molar-refractivity contribution is 6.30. The molecule has 0 aliphatic carbocycles. The third kappa shape index (κ3) is 1.60. The van der Waals surface area contributed by atoms with Gasteiger partial charge in [0.25, 0.3) is 5.88 Å². The van der Waals surface area contributed by atoms with Crippen molar-refractivity contribution in [2.45, 2.75) is 0 Å². The standard InChI is InChI=1S/C6H10BN3O/c1-8-5-6(11-2)10-4(7)3-9-5/h3H,7H2,1-2H3,(H,8,9). The maximum absolute atomic E-state index is 4.98. The van der Waals surface area contributed by atoms with Gasteiger partial charge in [0.15, 0.2) is 13.7 Å². The predicted molar refractivity (Wildman–Crippen MR) is 46.3 cm³/mol. The first-order chi connectivity index (χ1) is 5.27. The Labute approximate surface area is 66.4 Å². The normalized spacial score (nSPS) is 9.27. The van der Waals surface area contributed by atoms with Crippen molar-refractivity contribution >= 4 is 19.3 Å². The van der Waals surface area contributed by atoms with Crippen molar-refractivity contribution in [1.82, 2.24) is 9.97 Å². The summed E-state index contributed by atoms with van der Waals surface area (Å²) in [6, 6.07) is 0. The highest BCUT2D eigenvalue weighted by Gasteiger charge is 2.02. The summed E-state index contributed by atoms with van der Waals surface area (Å²) in [6.07, 6.45) is 1.69. The molecule has 0 spiro atoms. The Hall–Kier alpha value is -1.26. The van der Waals surface area contributed by atoms with Gasteiger partial charge in [-0.1, -0.05) is 0 Å². The van der Waals surface area contributed by atoms with E-state index in [1.54, 1.807) is 20.4 Å². The molecule has 4 nitrogen and oxygen atoms in total. The van der Waals surface area contributed by atoms with Gasteiger partial charge in [-0.25, -0.2) is 9.97 Å². The molecule has 11 heavy (non-hydrogen) atoms. The molecule has 5 heteroatoms.